The van der Waals surface area contributed by atoms with E-state index in [4.69, 9.17) is 4.74 Å². The normalized spacial score (nSPS) is 12.7. The Kier molecular flexibility index (Phi) is 6.08. The fourth-order valence-electron chi connectivity index (χ4n) is 1.79. The molecule has 0 saturated heterocycles. The van der Waals surface area contributed by atoms with Crippen LogP contribution in [-0.4, -0.2) is 26.4 Å². The van der Waals surface area contributed by atoms with E-state index >= 15 is 0 Å². The van der Waals surface area contributed by atoms with Crippen molar-refractivity contribution in [3.63, 3.8) is 0 Å². The van der Waals surface area contributed by atoms with E-state index in [9.17, 15) is 4.79 Å². The van der Waals surface area contributed by atoms with Crippen LogP contribution in [0.5, 0.6) is 0 Å². The molecule has 1 aromatic heterocycles. The average molecular weight is 295 g/mol. The van der Waals surface area contributed by atoms with Crippen LogP contribution in [0.25, 0.3) is 0 Å². The first-order valence-electron chi connectivity index (χ1n) is 7.64. The van der Waals surface area contributed by atoms with Gasteiger partial charge in [0.15, 0.2) is 0 Å². The molecule has 21 heavy (non-hydrogen) atoms. The van der Waals surface area contributed by atoms with Crippen LogP contribution >= 0.6 is 0 Å². The van der Waals surface area contributed by atoms with E-state index in [1.54, 1.807) is 6.20 Å². The van der Waals surface area contributed by atoms with E-state index in [2.05, 4.69) is 10.3 Å². The van der Waals surface area contributed by atoms with Crippen molar-refractivity contribution >= 4 is 5.78 Å². The fourth-order valence-corrected chi connectivity index (χ4v) is 1.79. The third-order valence-electron chi connectivity index (χ3n) is 3.21. The number of carbonyl (C=O) groups is 1. The molecule has 0 bridgehead atoms. The van der Waals surface area contributed by atoms with Gasteiger partial charge in [-0.2, -0.15) is 0 Å². The second-order valence-corrected chi connectivity index (χ2v) is 7.48. The topological polar surface area (TPSA) is 57.0 Å². The van der Waals surface area contributed by atoms with Gasteiger partial charge in [-0.05, 0) is 33.6 Å². The summed E-state index contributed by atoms with van der Waals surface area (Å²) in [5, 5.41) is 8.03. The minimum Gasteiger partial charge on any atom is -0.370 e. The Morgan fingerprint density at radius 3 is 2.43 bits per heavy atom. The summed E-state index contributed by atoms with van der Waals surface area (Å²) in [4.78, 5) is 11.9. The van der Waals surface area contributed by atoms with Gasteiger partial charge in [-0.15, -0.1) is 5.10 Å². The molecule has 0 aliphatic carbocycles. The molecule has 0 fully saturated rings. The molecule has 5 heteroatoms. The molecule has 1 heterocycles. The minimum absolute atomic E-state index is 0.172. The number of ketones is 1. The first-order chi connectivity index (χ1) is 9.59. The fraction of sp³-hybridized carbons (Fsp3) is 0.812. The van der Waals surface area contributed by atoms with Gasteiger partial charge in [-0.3, -0.25) is 4.79 Å². The van der Waals surface area contributed by atoms with Crippen LogP contribution in [-0.2, 0) is 22.7 Å². The molecule has 0 spiro atoms. The van der Waals surface area contributed by atoms with E-state index in [1.165, 1.54) is 0 Å². The maximum absolute atomic E-state index is 11.9. The zero-order valence-electron chi connectivity index (χ0n) is 14.3. The van der Waals surface area contributed by atoms with Crippen molar-refractivity contribution in [3.05, 3.63) is 11.9 Å². The van der Waals surface area contributed by atoms with Gasteiger partial charge in [0, 0.05) is 18.4 Å². The Morgan fingerprint density at radius 1 is 1.19 bits per heavy atom. The van der Waals surface area contributed by atoms with Crippen molar-refractivity contribution < 1.29 is 9.53 Å². The Morgan fingerprint density at radius 2 is 1.86 bits per heavy atom. The Balaban J connectivity index is 2.36. The number of nitrogens with zero attached hydrogens (tertiary/aromatic N) is 3. The van der Waals surface area contributed by atoms with Crippen molar-refractivity contribution in [1.29, 1.82) is 0 Å². The molecule has 120 valence electrons. The molecule has 1 rings (SSSR count). The number of aryl methyl sites for hydroxylation is 1. The molecule has 0 aromatic carbocycles. The van der Waals surface area contributed by atoms with Crippen molar-refractivity contribution in [3.8, 4) is 0 Å². The Labute approximate surface area is 128 Å². The summed E-state index contributed by atoms with van der Waals surface area (Å²) in [5.74, 6) is 0.317. The number of Topliss-reactive ketones (excluding diaryl/α,β-unsaturated/α-hetero) is 1. The van der Waals surface area contributed by atoms with Crippen molar-refractivity contribution in [1.82, 2.24) is 15.0 Å². The maximum Gasteiger partial charge on any atom is 0.138 e. The molecule has 1 aromatic rings. The van der Waals surface area contributed by atoms with E-state index in [0.717, 1.165) is 25.1 Å². The van der Waals surface area contributed by atoms with E-state index in [1.807, 2.05) is 46.2 Å². The third-order valence-corrected chi connectivity index (χ3v) is 3.21. The monoisotopic (exact) mass is 295 g/mol. The van der Waals surface area contributed by atoms with Gasteiger partial charge in [0.25, 0.3) is 0 Å². The molecule has 0 amide bonds. The molecular weight excluding hydrogens is 266 g/mol. The Bertz CT molecular complexity index is 453. The van der Waals surface area contributed by atoms with Crippen molar-refractivity contribution in [2.24, 2.45) is 5.41 Å². The first-order valence-corrected chi connectivity index (χ1v) is 7.64. The van der Waals surface area contributed by atoms with Gasteiger partial charge in [-0.1, -0.05) is 26.0 Å². The Hall–Kier alpha value is -1.23. The summed E-state index contributed by atoms with van der Waals surface area (Å²) in [6, 6.07) is 0. The van der Waals surface area contributed by atoms with Gasteiger partial charge in [0.2, 0.25) is 0 Å². The molecule has 0 radical (unpaired) electrons. The molecule has 0 unspecified atom stereocenters. The highest BCUT2D eigenvalue weighted by Crippen LogP contribution is 2.18. The zero-order valence-corrected chi connectivity index (χ0v) is 14.3. The predicted octanol–water partition coefficient (Wildman–Crippen LogP) is 3.38. The number of unbranched alkanes of at least 4 members (excludes halogenated alkanes) is 1. The van der Waals surface area contributed by atoms with Crippen LogP contribution < -0.4 is 0 Å². The summed E-state index contributed by atoms with van der Waals surface area (Å²) < 4.78 is 7.62. The van der Waals surface area contributed by atoms with E-state index in [0.29, 0.717) is 18.8 Å². The van der Waals surface area contributed by atoms with E-state index in [-0.39, 0.29) is 11.0 Å². The SMILES string of the molecule is CC(C)(C)OCc1cnnn1CCCCC(=O)C(C)(C)C. The van der Waals surface area contributed by atoms with Crippen LogP contribution in [0, 0.1) is 5.41 Å². The maximum atomic E-state index is 11.9. The quantitative estimate of drug-likeness (QED) is 0.724. The molecule has 0 N–H and O–H groups in total. The van der Waals surface area contributed by atoms with Gasteiger partial charge in [0.1, 0.15) is 5.78 Å². The second-order valence-electron chi connectivity index (χ2n) is 7.48. The number of carbonyl (C=O) groups excluding carboxylic acids is 1. The summed E-state index contributed by atoms with van der Waals surface area (Å²) in [6.07, 6.45) is 4.18. The van der Waals surface area contributed by atoms with Crippen LogP contribution in [0.2, 0.25) is 0 Å². The van der Waals surface area contributed by atoms with Crippen LogP contribution in [0.4, 0.5) is 0 Å². The smallest absolute Gasteiger partial charge is 0.138 e. The van der Waals surface area contributed by atoms with Crippen LogP contribution in [0.1, 0.15) is 66.5 Å². The van der Waals surface area contributed by atoms with Gasteiger partial charge in [0.05, 0.1) is 24.1 Å². The lowest BCUT2D eigenvalue weighted by atomic mass is 9.88. The summed E-state index contributed by atoms with van der Waals surface area (Å²) in [7, 11) is 0. The molecule has 0 saturated carbocycles. The van der Waals surface area contributed by atoms with Gasteiger partial charge >= 0.3 is 0 Å². The zero-order chi connectivity index (χ0) is 16.1. The molecular formula is C16H29N3O2. The van der Waals surface area contributed by atoms with Gasteiger partial charge < -0.3 is 4.74 Å². The number of hydrogen-bond acceptors (Lipinski definition) is 4. The van der Waals surface area contributed by atoms with E-state index < -0.39 is 0 Å². The highest BCUT2D eigenvalue weighted by atomic mass is 16.5. The summed E-state index contributed by atoms with van der Waals surface area (Å²) in [6.45, 7) is 13.3. The number of ether oxygens (including phenoxy) is 1. The second kappa shape index (κ2) is 7.16. The largest absolute Gasteiger partial charge is 0.370 e. The standard InChI is InChI=1S/C16H29N3O2/c1-15(2,3)14(20)9-7-8-10-19-13(11-17-18-19)12-21-16(4,5)6/h11H,7-10,12H2,1-6H3. The minimum atomic E-state index is -0.237. The molecule has 0 aliphatic rings. The van der Waals surface area contributed by atoms with Crippen molar-refractivity contribution in [2.45, 2.75) is 79.6 Å². The first kappa shape index (κ1) is 17.8. The van der Waals surface area contributed by atoms with Crippen LogP contribution in [0.3, 0.4) is 0 Å². The number of hydrogen-bond donors (Lipinski definition) is 0. The lowest BCUT2D eigenvalue weighted by molar-refractivity contribution is -0.126. The average Bonchev–Trinajstić information content (AvgIpc) is 2.77. The number of aromatic nitrogens is 3. The van der Waals surface area contributed by atoms with Crippen molar-refractivity contribution in [2.75, 3.05) is 0 Å². The predicted molar refractivity (Wildman–Crippen MR) is 82.9 cm³/mol. The summed E-state index contributed by atoms with van der Waals surface area (Å²) in [5.41, 5.74) is 0.569. The summed E-state index contributed by atoms with van der Waals surface area (Å²) >= 11 is 0. The molecule has 5 nitrogen and oxygen atoms in total. The number of rotatable bonds is 7. The third kappa shape index (κ3) is 6.85. The molecule has 0 atom stereocenters. The van der Waals surface area contributed by atoms with Crippen LogP contribution in [0.15, 0.2) is 6.20 Å². The highest BCUT2D eigenvalue weighted by Gasteiger charge is 2.20. The lowest BCUT2D eigenvalue weighted by Gasteiger charge is -2.19. The molecule has 0 aliphatic heterocycles. The lowest BCUT2D eigenvalue weighted by Crippen LogP contribution is -2.20. The highest BCUT2D eigenvalue weighted by molar-refractivity contribution is 5.83. The van der Waals surface area contributed by atoms with Gasteiger partial charge in [-0.25, -0.2) is 4.68 Å².